The molecule has 2 fully saturated rings. The Hall–Kier alpha value is -0.210. The van der Waals surface area contributed by atoms with Gasteiger partial charge in [-0.15, -0.1) is 0 Å². The van der Waals surface area contributed by atoms with Crippen molar-refractivity contribution >= 4 is 10.2 Å². The third kappa shape index (κ3) is 4.63. The third-order valence-electron chi connectivity index (χ3n) is 4.47. The first-order valence-electron chi connectivity index (χ1n) is 7.90. The normalized spacial score (nSPS) is 26.2. The summed E-state index contributed by atoms with van der Waals surface area (Å²) in [5.41, 5.74) is 0. The van der Waals surface area contributed by atoms with E-state index in [9.17, 15) is 8.42 Å². The summed E-state index contributed by atoms with van der Waals surface area (Å²) in [6.45, 7) is 4.49. The van der Waals surface area contributed by atoms with E-state index in [4.69, 9.17) is 4.74 Å². The average Bonchev–Trinajstić information content (AvgIpc) is 3.29. The highest BCUT2D eigenvalue weighted by atomic mass is 32.2. The van der Waals surface area contributed by atoms with Gasteiger partial charge in [-0.3, -0.25) is 0 Å². The maximum absolute atomic E-state index is 12.7. The van der Waals surface area contributed by atoms with E-state index < -0.39 is 10.2 Å². The van der Waals surface area contributed by atoms with Crippen LogP contribution in [0.4, 0.5) is 0 Å². The van der Waals surface area contributed by atoms with Crippen molar-refractivity contribution in [2.24, 2.45) is 5.92 Å². The lowest BCUT2D eigenvalue weighted by Crippen LogP contribution is -2.51. The molecule has 1 heterocycles. The van der Waals surface area contributed by atoms with Gasteiger partial charge < -0.3 is 10.1 Å². The minimum absolute atomic E-state index is 0.148. The van der Waals surface area contributed by atoms with Crippen LogP contribution in [0.3, 0.4) is 0 Å². The fourth-order valence-corrected chi connectivity index (χ4v) is 4.42. The summed E-state index contributed by atoms with van der Waals surface area (Å²) in [5.74, 6) is 0.431. The second kappa shape index (κ2) is 7.37. The number of likely N-dealkylation sites (N-methyl/N-ethyl adjacent to an activating group) is 1. The topological polar surface area (TPSA) is 61.9 Å². The first-order chi connectivity index (χ1) is 9.95. The van der Waals surface area contributed by atoms with Gasteiger partial charge in [-0.25, -0.2) is 0 Å². The lowest BCUT2D eigenvalue weighted by Gasteiger charge is -2.36. The number of methoxy groups -OCH3 is 1. The number of hydrogen-bond donors (Lipinski definition) is 1. The molecule has 124 valence electrons. The lowest BCUT2D eigenvalue weighted by atomic mass is 10.00. The van der Waals surface area contributed by atoms with Crippen molar-refractivity contribution in [2.45, 2.75) is 44.7 Å². The molecule has 1 aliphatic heterocycles. The van der Waals surface area contributed by atoms with E-state index in [1.807, 2.05) is 6.92 Å². The largest absolute Gasteiger partial charge is 0.383 e. The number of piperidine rings is 1. The SMILES string of the molecule is COCC(C)N(C)S(=O)(=O)N1CCCC(CNC2CC2)C1. The molecule has 0 radical (unpaired) electrons. The van der Waals surface area contributed by atoms with Gasteiger partial charge in [0.25, 0.3) is 10.2 Å². The van der Waals surface area contributed by atoms with Crippen LogP contribution < -0.4 is 5.32 Å². The van der Waals surface area contributed by atoms with Crippen LogP contribution in [0.2, 0.25) is 0 Å². The van der Waals surface area contributed by atoms with Crippen molar-refractivity contribution in [1.82, 2.24) is 13.9 Å². The van der Waals surface area contributed by atoms with Crippen LogP contribution in [0.5, 0.6) is 0 Å². The van der Waals surface area contributed by atoms with Gasteiger partial charge in [0, 0.05) is 39.3 Å². The van der Waals surface area contributed by atoms with Crippen LogP contribution in [0.15, 0.2) is 0 Å². The van der Waals surface area contributed by atoms with E-state index in [0.29, 0.717) is 31.7 Å². The van der Waals surface area contributed by atoms with E-state index in [0.717, 1.165) is 19.4 Å². The van der Waals surface area contributed by atoms with Gasteiger partial charge >= 0.3 is 0 Å². The Bertz CT molecular complexity index is 425. The van der Waals surface area contributed by atoms with Crippen LogP contribution in [-0.2, 0) is 14.9 Å². The smallest absolute Gasteiger partial charge is 0.282 e. The van der Waals surface area contributed by atoms with Crippen LogP contribution in [0.1, 0.15) is 32.6 Å². The average molecular weight is 319 g/mol. The summed E-state index contributed by atoms with van der Waals surface area (Å²) in [4.78, 5) is 0. The van der Waals surface area contributed by atoms with Gasteiger partial charge in [0.1, 0.15) is 0 Å². The lowest BCUT2D eigenvalue weighted by molar-refractivity contribution is 0.143. The zero-order valence-electron chi connectivity index (χ0n) is 13.4. The van der Waals surface area contributed by atoms with E-state index in [1.165, 1.54) is 17.1 Å². The summed E-state index contributed by atoms with van der Waals surface area (Å²) in [5, 5.41) is 3.52. The molecule has 2 atom stereocenters. The molecule has 2 rings (SSSR count). The molecule has 0 bridgehead atoms. The maximum atomic E-state index is 12.7. The molecule has 0 aromatic rings. The Morgan fingerprint density at radius 1 is 1.38 bits per heavy atom. The Morgan fingerprint density at radius 3 is 2.71 bits per heavy atom. The molecule has 6 nitrogen and oxygen atoms in total. The maximum Gasteiger partial charge on any atom is 0.282 e. The van der Waals surface area contributed by atoms with Gasteiger partial charge in [-0.2, -0.15) is 17.0 Å². The van der Waals surface area contributed by atoms with Crippen molar-refractivity contribution in [3.8, 4) is 0 Å². The molecule has 21 heavy (non-hydrogen) atoms. The van der Waals surface area contributed by atoms with Gasteiger partial charge in [-0.1, -0.05) is 0 Å². The zero-order chi connectivity index (χ0) is 15.5. The molecule has 0 aromatic heterocycles. The first-order valence-corrected chi connectivity index (χ1v) is 9.30. The molecular formula is C14H29N3O3S. The number of nitrogens with one attached hydrogen (secondary N) is 1. The van der Waals surface area contributed by atoms with Crippen molar-refractivity contribution in [2.75, 3.05) is 40.4 Å². The minimum atomic E-state index is -3.38. The molecule has 0 amide bonds. The summed E-state index contributed by atoms with van der Waals surface area (Å²) in [6, 6.07) is 0.534. The fourth-order valence-electron chi connectivity index (χ4n) is 2.78. The summed E-state index contributed by atoms with van der Waals surface area (Å²) in [6.07, 6.45) is 4.60. The minimum Gasteiger partial charge on any atom is -0.383 e. The summed E-state index contributed by atoms with van der Waals surface area (Å²) < 4.78 is 33.5. The van der Waals surface area contributed by atoms with Crippen LogP contribution in [0.25, 0.3) is 0 Å². The second-order valence-electron chi connectivity index (χ2n) is 6.38. The monoisotopic (exact) mass is 319 g/mol. The van der Waals surface area contributed by atoms with E-state index in [1.54, 1.807) is 18.5 Å². The Labute approximate surface area is 129 Å². The zero-order valence-corrected chi connectivity index (χ0v) is 14.2. The molecule has 2 unspecified atom stereocenters. The van der Waals surface area contributed by atoms with Gasteiger partial charge in [0.05, 0.1) is 6.61 Å². The van der Waals surface area contributed by atoms with Gasteiger partial charge in [-0.05, 0) is 45.1 Å². The molecule has 1 N–H and O–H groups in total. The molecule has 2 aliphatic rings. The number of hydrogen-bond acceptors (Lipinski definition) is 4. The number of rotatable bonds is 8. The Balaban J connectivity index is 1.91. The van der Waals surface area contributed by atoms with Crippen molar-refractivity contribution in [3.05, 3.63) is 0 Å². The number of nitrogens with zero attached hydrogens (tertiary/aromatic N) is 2. The quantitative estimate of drug-likeness (QED) is 0.714. The van der Waals surface area contributed by atoms with Crippen LogP contribution >= 0.6 is 0 Å². The van der Waals surface area contributed by atoms with Crippen molar-refractivity contribution in [3.63, 3.8) is 0 Å². The highest BCUT2D eigenvalue weighted by Gasteiger charge is 2.34. The van der Waals surface area contributed by atoms with Crippen molar-refractivity contribution < 1.29 is 13.2 Å². The number of ether oxygens (including phenoxy) is 1. The predicted molar refractivity (Wildman–Crippen MR) is 83.3 cm³/mol. The molecule has 1 saturated carbocycles. The second-order valence-corrected chi connectivity index (χ2v) is 8.37. The van der Waals surface area contributed by atoms with Crippen LogP contribution in [-0.4, -0.2) is 69.5 Å². The van der Waals surface area contributed by atoms with Crippen molar-refractivity contribution in [1.29, 1.82) is 0 Å². The van der Waals surface area contributed by atoms with E-state index in [2.05, 4.69) is 5.32 Å². The summed E-state index contributed by atoms with van der Waals surface area (Å²) >= 11 is 0. The third-order valence-corrected chi connectivity index (χ3v) is 6.55. The van der Waals surface area contributed by atoms with Gasteiger partial charge in [0.15, 0.2) is 0 Å². The van der Waals surface area contributed by atoms with Gasteiger partial charge in [0.2, 0.25) is 0 Å². The molecular weight excluding hydrogens is 290 g/mol. The fraction of sp³-hybridized carbons (Fsp3) is 1.00. The predicted octanol–water partition coefficient (Wildman–Crippen LogP) is 0.662. The first kappa shape index (κ1) is 17.1. The van der Waals surface area contributed by atoms with E-state index in [-0.39, 0.29) is 6.04 Å². The molecule has 1 saturated heterocycles. The molecule has 0 aromatic carbocycles. The summed E-state index contributed by atoms with van der Waals surface area (Å²) in [7, 11) is -0.142. The molecule has 7 heteroatoms. The Kier molecular flexibility index (Phi) is 6.02. The highest BCUT2D eigenvalue weighted by molar-refractivity contribution is 7.86. The molecule has 0 spiro atoms. The highest BCUT2D eigenvalue weighted by Crippen LogP contribution is 2.23. The standard InChI is InChI=1S/C14H29N3O3S/c1-12(11-20-3)16(2)21(18,19)17-8-4-5-13(10-17)9-15-14-6-7-14/h12-15H,4-11H2,1-3H3. The van der Waals surface area contributed by atoms with E-state index >= 15 is 0 Å². The molecule has 1 aliphatic carbocycles. The van der Waals surface area contributed by atoms with Crippen LogP contribution in [0, 0.1) is 5.92 Å². The Morgan fingerprint density at radius 2 is 2.10 bits per heavy atom.